The maximum atomic E-state index is 9.54. The van der Waals surface area contributed by atoms with Crippen molar-refractivity contribution in [1.29, 1.82) is 5.26 Å². The fourth-order valence-corrected chi connectivity index (χ4v) is 6.19. The third-order valence-corrected chi connectivity index (χ3v) is 7.53. The number of allylic oxidation sites excluding steroid dienone is 2. The molecule has 0 spiro atoms. The van der Waals surface area contributed by atoms with Crippen LogP contribution < -0.4 is 22.1 Å². The predicted molar refractivity (Wildman–Crippen MR) is 124 cm³/mol. The smallest absolute Gasteiger partial charge is 0.224 e. The molecule has 4 fully saturated rings. The van der Waals surface area contributed by atoms with E-state index in [1.165, 1.54) is 32.1 Å². The highest BCUT2D eigenvalue weighted by Crippen LogP contribution is 2.59. The number of aromatic nitrogens is 2. The molecule has 5 atom stereocenters. The molecule has 1 aromatic rings. The second kappa shape index (κ2) is 8.72. The fourth-order valence-electron chi connectivity index (χ4n) is 6.19. The number of rotatable bonds is 8. The number of anilines is 2. The first-order valence-corrected chi connectivity index (χ1v) is 11.2. The summed E-state index contributed by atoms with van der Waals surface area (Å²) in [4.78, 5) is 8.90. The zero-order chi connectivity index (χ0) is 22.0. The van der Waals surface area contributed by atoms with Gasteiger partial charge in [0, 0.05) is 19.1 Å². The highest BCUT2D eigenvalue weighted by Gasteiger charge is 2.54. The van der Waals surface area contributed by atoms with Crippen molar-refractivity contribution in [2.45, 2.75) is 45.1 Å². The number of hydrogen-bond donors (Lipinski definition) is 4. The van der Waals surface area contributed by atoms with Crippen molar-refractivity contribution in [3.8, 4) is 6.07 Å². The SMILES string of the molecule is C=C/C=C(C)\C(=C/N)CNc1ncc(C#N)c(NCC23CC4C[C@H](C2)C(N)[C@@H](C4)C3)n1. The van der Waals surface area contributed by atoms with Crippen LogP contribution in [0.25, 0.3) is 0 Å². The van der Waals surface area contributed by atoms with E-state index in [-0.39, 0.29) is 5.41 Å². The van der Waals surface area contributed by atoms with Gasteiger partial charge in [0.2, 0.25) is 5.95 Å². The molecular formula is C24H33N7. The van der Waals surface area contributed by atoms with Gasteiger partial charge >= 0.3 is 0 Å². The number of nitrogens with zero attached hydrogens (tertiary/aromatic N) is 3. The lowest BCUT2D eigenvalue weighted by molar-refractivity contribution is -0.0591. The zero-order valence-corrected chi connectivity index (χ0v) is 18.3. The van der Waals surface area contributed by atoms with E-state index in [1.54, 1.807) is 18.5 Å². The van der Waals surface area contributed by atoms with Gasteiger partial charge in [-0.3, -0.25) is 0 Å². The second-order valence-electron chi connectivity index (χ2n) is 9.60. The van der Waals surface area contributed by atoms with Gasteiger partial charge in [0.1, 0.15) is 17.5 Å². The van der Waals surface area contributed by atoms with E-state index in [4.69, 9.17) is 11.5 Å². The Balaban J connectivity index is 1.45. The van der Waals surface area contributed by atoms with E-state index in [9.17, 15) is 5.26 Å². The summed E-state index contributed by atoms with van der Waals surface area (Å²) in [6, 6.07) is 2.59. The van der Waals surface area contributed by atoms with Gasteiger partial charge in [-0.05, 0) is 79.5 Å². The molecule has 7 nitrogen and oxygen atoms in total. The van der Waals surface area contributed by atoms with Gasteiger partial charge < -0.3 is 22.1 Å². The lowest BCUT2D eigenvalue weighted by Crippen LogP contribution is -2.58. The molecule has 164 valence electrons. The monoisotopic (exact) mass is 419 g/mol. The molecule has 0 aromatic carbocycles. The highest BCUT2D eigenvalue weighted by molar-refractivity contribution is 5.54. The molecule has 1 heterocycles. The topological polar surface area (TPSA) is 126 Å². The lowest BCUT2D eigenvalue weighted by atomic mass is 9.48. The largest absolute Gasteiger partial charge is 0.404 e. The first kappa shape index (κ1) is 21.4. The van der Waals surface area contributed by atoms with Crippen LogP contribution in [-0.2, 0) is 0 Å². The van der Waals surface area contributed by atoms with Gasteiger partial charge in [-0.1, -0.05) is 18.7 Å². The molecule has 4 bridgehead atoms. The Labute approximate surface area is 184 Å². The quantitative estimate of drug-likeness (QED) is 0.476. The maximum absolute atomic E-state index is 9.54. The third-order valence-electron chi connectivity index (χ3n) is 7.53. The Kier molecular flexibility index (Phi) is 6.01. The van der Waals surface area contributed by atoms with Crippen molar-refractivity contribution in [2.75, 3.05) is 23.7 Å². The lowest BCUT2D eigenvalue weighted by Gasteiger charge is -2.59. The molecule has 31 heavy (non-hydrogen) atoms. The van der Waals surface area contributed by atoms with Crippen LogP contribution in [0.5, 0.6) is 0 Å². The molecule has 6 N–H and O–H groups in total. The fraction of sp³-hybridized carbons (Fsp3) is 0.542. The summed E-state index contributed by atoms with van der Waals surface area (Å²) in [5, 5.41) is 16.3. The summed E-state index contributed by atoms with van der Waals surface area (Å²) in [6.45, 7) is 7.03. The molecule has 0 aliphatic heterocycles. The number of nitrogens with one attached hydrogen (secondary N) is 2. The van der Waals surface area contributed by atoms with Crippen molar-refractivity contribution in [2.24, 2.45) is 34.6 Å². The van der Waals surface area contributed by atoms with Crippen molar-refractivity contribution in [3.05, 3.63) is 47.8 Å². The van der Waals surface area contributed by atoms with Gasteiger partial charge in [0.15, 0.2) is 0 Å². The Morgan fingerprint density at radius 1 is 1.32 bits per heavy atom. The van der Waals surface area contributed by atoms with Crippen LogP contribution in [-0.4, -0.2) is 29.1 Å². The molecule has 0 saturated heterocycles. The predicted octanol–water partition coefficient (Wildman–Crippen LogP) is 3.30. The molecule has 4 aliphatic carbocycles. The van der Waals surface area contributed by atoms with E-state index in [1.807, 2.05) is 13.0 Å². The van der Waals surface area contributed by atoms with E-state index in [2.05, 4.69) is 33.2 Å². The standard InChI is InChI=1S/C24H33N7/c1-3-4-15(2)19(10-25)12-28-23-29-13-20(11-26)22(31-23)30-14-24-7-16-5-17(8-24)21(27)18(6-16)9-24/h3-4,10,13,16-18,21H,1,5-9,12,14,25,27H2,2H3,(H2,28,29,30,31)/b15-4-,19-10-/t16?,17-,18+,21?,24?. The first-order valence-electron chi connectivity index (χ1n) is 11.2. The molecular weight excluding hydrogens is 386 g/mol. The Bertz CT molecular complexity index is 926. The van der Waals surface area contributed by atoms with Crippen LogP contribution in [0.15, 0.2) is 42.3 Å². The zero-order valence-electron chi connectivity index (χ0n) is 18.3. The van der Waals surface area contributed by atoms with E-state index in [0.717, 1.165) is 23.6 Å². The van der Waals surface area contributed by atoms with Crippen molar-refractivity contribution >= 4 is 11.8 Å². The highest BCUT2D eigenvalue weighted by atomic mass is 15.1. The summed E-state index contributed by atoms with van der Waals surface area (Å²) >= 11 is 0. The summed E-state index contributed by atoms with van der Waals surface area (Å²) in [5.74, 6) is 3.18. The molecule has 5 rings (SSSR count). The van der Waals surface area contributed by atoms with Crippen LogP contribution in [0.2, 0.25) is 0 Å². The minimum absolute atomic E-state index is 0.277. The molecule has 0 radical (unpaired) electrons. The van der Waals surface area contributed by atoms with Crippen LogP contribution in [0.1, 0.15) is 44.6 Å². The number of nitriles is 1. The third kappa shape index (κ3) is 4.31. The van der Waals surface area contributed by atoms with E-state index >= 15 is 0 Å². The molecule has 4 saturated carbocycles. The number of hydrogen-bond acceptors (Lipinski definition) is 7. The summed E-state index contributed by atoms with van der Waals surface area (Å²) in [5.41, 5.74) is 15.0. The van der Waals surface area contributed by atoms with Gasteiger partial charge in [-0.2, -0.15) is 10.2 Å². The molecule has 7 heteroatoms. The Morgan fingerprint density at radius 2 is 2.06 bits per heavy atom. The minimum atomic E-state index is 0.277. The molecule has 0 amide bonds. The van der Waals surface area contributed by atoms with Gasteiger partial charge in [-0.15, -0.1) is 0 Å². The minimum Gasteiger partial charge on any atom is -0.404 e. The Morgan fingerprint density at radius 3 is 2.71 bits per heavy atom. The average Bonchev–Trinajstić information content (AvgIpc) is 2.76. The van der Waals surface area contributed by atoms with Gasteiger partial charge in [0.25, 0.3) is 0 Å². The van der Waals surface area contributed by atoms with E-state index in [0.29, 0.717) is 41.8 Å². The summed E-state index contributed by atoms with van der Waals surface area (Å²) in [7, 11) is 0. The number of nitrogens with two attached hydrogens (primary N) is 2. The molecule has 3 unspecified atom stereocenters. The van der Waals surface area contributed by atoms with Crippen molar-refractivity contribution in [1.82, 2.24) is 9.97 Å². The molecule has 4 aliphatic rings. The van der Waals surface area contributed by atoms with Crippen molar-refractivity contribution in [3.63, 3.8) is 0 Å². The Hall–Kier alpha value is -2.85. The maximum Gasteiger partial charge on any atom is 0.224 e. The van der Waals surface area contributed by atoms with Gasteiger partial charge in [-0.25, -0.2) is 4.98 Å². The second-order valence-corrected chi connectivity index (χ2v) is 9.60. The van der Waals surface area contributed by atoms with Gasteiger partial charge in [0.05, 0.1) is 6.20 Å². The van der Waals surface area contributed by atoms with Crippen LogP contribution >= 0.6 is 0 Å². The van der Waals surface area contributed by atoms with Crippen LogP contribution in [0.3, 0.4) is 0 Å². The normalized spacial score (nSPS) is 31.9. The summed E-state index contributed by atoms with van der Waals surface area (Å²) < 4.78 is 0. The first-order chi connectivity index (χ1) is 15.0. The van der Waals surface area contributed by atoms with Crippen LogP contribution in [0.4, 0.5) is 11.8 Å². The average molecular weight is 420 g/mol. The van der Waals surface area contributed by atoms with E-state index < -0.39 is 0 Å². The van der Waals surface area contributed by atoms with Crippen molar-refractivity contribution < 1.29 is 0 Å². The summed E-state index contributed by atoms with van der Waals surface area (Å²) in [6.07, 6.45) is 13.0. The van der Waals surface area contributed by atoms with Crippen LogP contribution in [0, 0.1) is 34.5 Å². The molecule has 1 aromatic heterocycles.